The zero-order valence-electron chi connectivity index (χ0n) is 16.2. The normalized spacial score (nSPS) is 17.7. The Morgan fingerprint density at radius 1 is 1.28 bits per heavy atom. The fourth-order valence-corrected chi connectivity index (χ4v) is 5.00. The Kier molecular flexibility index (Phi) is 6.21. The van der Waals surface area contributed by atoms with Crippen LogP contribution in [-0.4, -0.2) is 36.9 Å². The van der Waals surface area contributed by atoms with Gasteiger partial charge in [0.05, 0.1) is 22.8 Å². The summed E-state index contributed by atoms with van der Waals surface area (Å²) in [4.78, 5) is 24.2. The number of hydrogen-bond acceptors (Lipinski definition) is 7. The average molecular weight is 421 g/mol. The first-order valence-electron chi connectivity index (χ1n) is 9.18. The quantitative estimate of drug-likeness (QED) is 0.676. The summed E-state index contributed by atoms with van der Waals surface area (Å²) >= 11 is 0. The van der Waals surface area contributed by atoms with Crippen molar-refractivity contribution in [2.75, 3.05) is 11.5 Å². The number of hydrogen-bond donors (Lipinski definition) is 2. The van der Waals surface area contributed by atoms with Gasteiger partial charge in [0.1, 0.15) is 18.1 Å². The molecule has 156 valence electrons. The molecule has 0 aliphatic carbocycles. The van der Waals surface area contributed by atoms with Gasteiger partial charge in [0.25, 0.3) is 5.91 Å². The Hall–Kier alpha value is -2.88. The van der Waals surface area contributed by atoms with E-state index in [4.69, 9.17) is 9.26 Å². The number of aryl methyl sites for hydroxylation is 2. The van der Waals surface area contributed by atoms with Crippen LogP contribution in [0.15, 0.2) is 28.8 Å². The maximum Gasteiger partial charge on any atom is 0.269 e. The standard InChI is InChI=1S/C19H23N3O6S/c1-12-17(13(2)28-22-12)10-27-16-5-3-4-15(9-16)19(24)21-20-18(23)8-14-6-7-29(25,26)11-14/h3-5,9,14H,6-8,10-11H2,1-2H3,(H,20,23)(H,21,24)/t14-/m1/s1. The number of hydrazine groups is 1. The molecular weight excluding hydrogens is 398 g/mol. The summed E-state index contributed by atoms with van der Waals surface area (Å²) in [5.74, 6) is 0.149. The molecule has 2 N–H and O–H groups in total. The lowest BCUT2D eigenvalue weighted by Crippen LogP contribution is -2.42. The molecule has 1 aromatic heterocycles. The third-order valence-corrected chi connectivity index (χ3v) is 6.61. The minimum Gasteiger partial charge on any atom is -0.489 e. The topological polar surface area (TPSA) is 128 Å². The number of ether oxygens (including phenoxy) is 1. The SMILES string of the molecule is Cc1noc(C)c1COc1cccc(C(=O)NNC(=O)C[C@H]2CCS(=O)(=O)C2)c1. The summed E-state index contributed by atoms with van der Waals surface area (Å²) in [5.41, 5.74) is 6.57. The molecule has 0 unspecified atom stereocenters. The highest BCUT2D eigenvalue weighted by molar-refractivity contribution is 7.91. The molecule has 0 spiro atoms. The molecule has 1 atom stereocenters. The monoisotopic (exact) mass is 421 g/mol. The van der Waals surface area contributed by atoms with Crippen molar-refractivity contribution in [3.05, 3.63) is 46.8 Å². The van der Waals surface area contributed by atoms with E-state index in [0.717, 1.165) is 11.3 Å². The molecule has 1 aromatic carbocycles. The molecule has 1 aliphatic heterocycles. The number of carbonyl (C=O) groups excluding carboxylic acids is 2. The molecule has 10 heteroatoms. The van der Waals surface area contributed by atoms with E-state index >= 15 is 0 Å². The third-order valence-electron chi connectivity index (χ3n) is 4.78. The third kappa shape index (κ3) is 5.57. The summed E-state index contributed by atoms with van der Waals surface area (Å²) in [6.45, 7) is 3.88. The van der Waals surface area contributed by atoms with Crippen LogP contribution in [0, 0.1) is 19.8 Å². The van der Waals surface area contributed by atoms with Crippen LogP contribution in [0.25, 0.3) is 0 Å². The molecule has 1 fully saturated rings. The summed E-state index contributed by atoms with van der Waals surface area (Å²) in [6, 6.07) is 6.54. The highest BCUT2D eigenvalue weighted by Crippen LogP contribution is 2.21. The summed E-state index contributed by atoms with van der Waals surface area (Å²) in [6.07, 6.45) is 0.522. The van der Waals surface area contributed by atoms with Crippen molar-refractivity contribution < 1.29 is 27.3 Å². The van der Waals surface area contributed by atoms with E-state index in [1.54, 1.807) is 31.2 Å². The molecular formula is C19H23N3O6S. The van der Waals surface area contributed by atoms with Gasteiger partial charge in [-0.25, -0.2) is 8.42 Å². The Bertz CT molecular complexity index is 995. The van der Waals surface area contributed by atoms with Crippen LogP contribution in [-0.2, 0) is 21.2 Å². The van der Waals surface area contributed by atoms with Crippen LogP contribution in [0.1, 0.15) is 40.2 Å². The minimum atomic E-state index is -3.04. The first kappa shape index (κ1) is 20.8. The summed E-state index contributed by atoms with van der Waals surface area (Å²) in [7, 11) is -3.04. The summed E-state index contributed by atoms with van der Waals surface area (Å²) in [5, 5.41) is 3.87. The van der Waals surface area contributed by atoms with E-state index in [1.807, 2.05) is 6.92 Å². The van der Waals surface area contributed by atoms with Crippen molar-refractivity contribution >= 4 is 21.7 Å². The number of sulfone groups is 1. The second-order valence-electron chi connectivity index (χ2n) is 7.09. The van der Waals surface area contributed by atoms with E-state index < -0.39 is 21.7 Å². The van der Waals surface area contributed by atoms with Crippen LogP contribution in [0.4, 0.5) is 0 Å². The maximum absolute atomic E-state index is 12.3. The molecule has 2 heterocycles. The predicted octanol–water partition coefficient (Wildman–Crippen LogP) is 1.46. The van der Waals surface area contributed by atoms with E-state index in [0.29, 0.717) is 23.5 Å². The van der Waals surface area contributed by atoms with Crippen molar-refractivity contribution in [3.8, 4) is 5.75 Å². The van der Waals surface area contributed by atoms with Crippen molar-refractivity contribution in [1.29, 1.82) is 0 Å². The van der Waals surface area contributed by atoms with Gasteiger partial charge in [-0.3, -0.25) is 20.4 Å². The van der Waals surface area contributed by atoms with Crippen LogP contribution in [0.2, 0.25) is 0 Å². The van der Waals surface area contributed by atoms with Crippen molar-refractivity contribution in [1.82, 2.24) is 16.0 Å². The molecule has 0 saturated carbocycles. The fourth-order valence-electron chi connectivity index (χ4n) is 3.14. The maximum atomic E-state index is 12.3. The van der Waals surface area contributed by atoms with Gasteiger partial charge in [-0.2, -0.15) is 0 Å². The van der Waals surface area contributed by atoms with Gasteiger partial charge in [-0.05, 0) is 44.4 Å². The van der Waals surface area contributed by atoms with Crippen molar-refractivity contribution in [3.63, 3.8) is 0 Å². The zero-order chi connectivity index (χ0) is 21.0. The molecule has 1 saturated heterocycles. The molecule has 3 rings (SSSR count). The highest BCUT2D eigenvalue weighted by atomic mass is 32.2. The first-order valence-corrected chi connectivity index (χ1v) is 11.0. The van der Waals surface area contributed by atoms with Crippen molar-refractivity contribution in [2.24, 2.45) is 5.92 Å². The lowest BCUT2D eigenvalue weighted by atomic mass is 10.1. The molecule has 29 heavy (non-hydrogen) atoms. The van der Waals surface area contributed by atoms with Crippen LogP contribution in [0.5, 0.6) is 5.75 Å². The molecule has 9 nitrogen and oxygen atoms in total. The Morgan fingerprint density at radius 2 is 2.07 bits per heavy atom. The molecule has 1 aliphatic rings. The number of nitrogens with zero attached hydrogens (tertiary/aromatic N) is 1. The number of benzene rings is 1. The van der Waals surface area contributed by atoms with Crippen LogP contribution < -0.4 is 15.6 Å². The fraction of sp³-hybridized carbons (Fsp3) is 0.421. The van der Waals surface area contributed by atoms with Crippen molar-refractivity contribution in [2.45, 2.75) is 33.3 Å². The number of rotatable bonds is 6. The number of nitrogens with one attached hydrogen (secondary N) is 2. The van der Waals surface area contributed by atoms with Crippen LogP contribution in [0.3, 0.4) is 0 Å². The van der Waals surface area contributed by atoms with E-state index in [9.17, 15) is 18.0 Å². The smallest absolute Gasteiger partial charge is 0.269 e. The number of amides is 2. The first-order chi connectivity index (χ1) is 13.7. The van der Waals surface area contributed by atoms with Gasteiger partial charge >= 0.3 is 0 Å². The van der Waals surface area contributed by atoms with Crippen LogP contribution >= 0.6 is 0 Å². The Balaban J connectivity index is 1.50. The van der Waals surface area contributed by atoms with Gasteiger partial charge in [0, 0.05) is 12.0 Å². The van der Waals surface area contributed by atoms with E-state index in [2.05, 4.69) is 16.0 Å². The minimum absolute atomic E-state index is 0.0128. The Morgan fingerprint density at radius 3 is 2.72 bits per heavy atom. The predicted molar refractivity (Wildman–Crippen MR) is 104 cm³/mol. The molecule has 2 amide bonds. The van der Waals surface area contributed by atoms with Gasteiger partial charge in [-0.1, -0.05) is 11.2 Å². The molecule has 0 radical (unpaired) electrons. The summed E-state index contributed by atoms with van der Waals surface area (Å²) < 4.78 is 33.7. The van der Waals surface area contributed by atoms with Gasteiger partial charge in [0.15, 0.2) is 9.84 Å². The second-order valence-corrected chi connectivity index (χ2v) is 9.32. The highest BCUT2D eigenvalue weighted by Gasteiger charge is 2.29. The largest absolute Gasteiger partial charge is 0.489 e. The zero-order valence-corrected chi connectivity index (χ0v) is 17.0. The Labute approximate surface area is 168 Å². The second kappa shape index (κ2) is 8.64. The van der Waals surface area contributed by atoms with Gasteiger partial charge in [-0.15, -0.1) is 0 Å². The lowest BCUT2D eigenvalue weighted by Gasteiger charge is -2.11. The number of aromatic nitrogens is 1. The van der Waals surface area contributed by atoms with Gasteiger partial charge in [0.2, 0.25) is 5.91 Å². The van der Waals surface area contributed by atoms with Gasteiger partial charge < -0.3 is 9.26 Å². The van der Waals surface area contributed by atoms with E-state index in [1.165, 1.54) is 0 Å². The lowest BCUT2D eigenvalue weighted by molar-refractivity contribution is -0.122. The molecule has 0 bridgehead atoms. The number of carbonyl (C=O) groups is 2. The molecule has 2 aromatic rings. The average Bonchev–Trinajstić information content (AvgIpc) is 3.18. The van der Waals surface area contributed by atoms with E-state index in [-0.39, 0.29) is 30.5 Å².